The molecule has 0 aliphatic carbocycles. The normalized spacial score (nSPS) is 10.8. The molecule has 0 aromatic rings. The molecule has 0 spiro atoms. The average molecular weight is 370 g/mol. The third kappa shape index (κ3) is 20.9. The van der Waals surface area contributed by atoms with Crippen molar-refractivity contribution in [1.82, 2.24) is 10.6 Å². The van der Waals surface area contributed by atoms with Crippen LogP contribution in [0.15, 0.2) is 0 Å². The summed E-state index contributed by atoms with van der Waals surface area (Å²) in [5.41, 5.74) is 5.10. The zero-order chi connectivity index (χ0) is 19.3. The number of hydrogen-bond donors (Lipinski definition) is 3. The van der Waals surface area contributed by atoms with Crippen LogP contribution in [0.3, 0.4) is 0 Å². The highest BCUT2D eigenvalue weighted by molar-refractivity contribution is 5.75. The number of nitrogens with two attached hydrogens (primary N) is 1. The molecule has 2 amide bonds. The molecule has 0 heterocycles. The molecule has 4 N–H and O–H groups in total. The Morgan fingerprint density at radius 3 is 1.54 bits per heavy atom. The van der Waals surface area contributed by atoms with Crippen LogP contribution in [0.4, 0.5) is 0 Å². The van der Waals surface area contributed by atoms with E-state index >= 15 is 0 Å². The Bertz CT molecular complexity index is 335. The Balaban J connectivity index is 3.16. The lowest BCUT2D eigenvalue weighted by molar-refractivity contribution is -0.121. The van der Waals surface area contributed by atoms with E-state index < -0.39 is 0 Å². The minimum absolute atomic E-state index is 0.197. The third-order valence-corrected chi connectivity index (χ3v) is 4.75. The Morgan fingerprint density at radius 1 is 0.615 bits per heavy atom. The number of carbonyl (C=O) groups excluding carboxylic acids is 2. The van der Waals surface area contributed by atoms with E-state index in [1.165, 1.54) is 44.9 Å². The van der Waals surface area contributed by atoms with Crippen molar-refractivity contribution >= 4 is 11.8 Å². The summed E-state index contributed by atoms with van der Waals surface area (Å²) in [6, 6.07) is 0. The quantitative estimate of drug-likeness (QED) is 0.283. The van der Waals surface area contributed by atoms with Gasteiger partial charge in [-0.05, 0) is 39.3 Å². The first kappa shape index (κ1) is 24.9. The molecule has 5 heteroatoms. The second kappa shape index (κ2) is 20.2. The van der Waals surface area contributed by atoms with Gasteiger partial charge in [0.2, 0.25) is 11.8 Å². The monoisotopic (exact) mass is 369 g/mol. The predicted octanol–water partition coefficient (Wildman–Crippen LogP) is 4.05. The van der Waals surface area contributed by atoms with Crippen LogP contribution in [0.2, 0.25) is 0 Å². The third-order valence-electron chi connectivity index (χ3n) is 4.75. The molecule has 0 aliphatic heterocycles. The molecule has 26 heavy (non-hydrogen) atoms. The molecule has 0 radical (unpaired) electrons. The summed E-state index contributed by atoms with van der Waals surface area (Å²) in [6.07, 6.45) is 17.7. The van der Waals surface area contributed by atoms with Crippen molar-refractivity contribution in [2.45, 2.75) is 103 Å². The fraction of sp³-hybridized carbons (Fsp3) is 0.905. The molecule has 154 valence electrons. The first-order valence-electron chi connectivity index (χ1n) is 10.9. The average Bonchev–Trinajstić information content (AvgIpc) is 2.61. The first-order valence-corrected chi connectivity index (χ1v) is 10.9. The lowest BCUT2D eigenvalue weighted by Crippen LogP contribution is -2.23. The number of amides is 2. The number of nitrogens with one attached hydrogen (secondary N) is 2. The van der Waals surface area contributed by atoms with Crippen LogP contribution < -0.4 is 16.4 Å². The summed E-state index contributed by atoms with van der Waals surface area (Å²) in [6.45, 7) is 1.96. The maximum atomic E-state index is 11.7. The minimum Gasteiger partial charge on any atom is -0.370 e. The molecular weight excluding hydrogens is 326 g/mol. The molecule has 0 bridgehead atoms. The summed E-state index contributed by atoms with van der Waals surface area (Å²) < 4.78 is 0. The van der Waals surface area contributed by atoms with E-state index in [0.29, 0.717) is 12.8 Å². The number of primary amides is 1. The molecule has 5 nitrogen and oxygen atoms in total. The van der Waals surface area contributed by atoms with E-state index in [-0.39, 0.29) is 11.8 Å². The summed E-state index contributed by atoms with van der Waals surface area (Å²) >= 11 is 0. The van der Waals surface area contributed by atoms with Gasteiger partial charge < -0.3 is 16.4 Å². The molecule has 0 unspecified atom stereocenters. The number of hydrogen-bond acceptors (Lipinski definition) is 3. The van der Waals surface area contributed by atoms with Gasteiger partial charge in [-0.1, -0.05) is 64.2 Å². The summed E-state index contributed by atoms with van der Waals surface area (Å²) in [7, 11) is 2.01. The molecule has 0 rings (SSSR count). The first-order chi connectivity index (χ1) is 12.7. The Morgan fingerprint density at radius 2 is 1.04 bits per heavy atom. The standard InChI is InChI=1S/C21H43N3O2/c1-23-18-14-10-6-2-3-7-11-15-19-24-21(26)17-13-9-5-4-8-12-16-20(22)25/h23H,2-19H2,1H3,(H2,22,25)(H,24,26). The number of rotatable bonds is 20. The molecule has 0 aromatic heterocycles. The second-order valence-corrected chi connectivity index (χ2v) is 7.37. The highest BCUT2D eigenvalue weighted by Gasteiger charge is 2.01. The highest BCUT2D eigenvalue weighted by Crippen LogP contribution is 2.09. The van der Waals surface area contributed by atoms with Gasteiger partial charge in [0.05, 0.1) is 0 Å². The van der Waals surface area contributed by atoms with E-state index in [9.17, 15) is 9.59 Å². The lowest BCUT2D eigenvalue weighted by Gasteiger charge is -2.06. The number of unbranched alkanes of at least 4 members (excludes halogenated alkanes) is 12. The molecule has 0 fully saturated rings. The van der Waals surface area contributed by atoms with Gasteiger partial charge in [-0.25, -0.2) is 0 Å². The predicted molar refractivity (Wildman–Crippen MR) is 110 cm³/mol. The van der Waals surface area contributed by atoms with Gasteiger partial charge in [-0.2, -0.15) is 0 Å². The van der Waals surface area contributed by atoms with Gasteiger partial charge in [-0.3, -0.25) is 9.59 Å². The van der Waals surface area contributed by atoms with Gasteiger partial charge in [0, 0.05) is 19.4 Å². The summed E-state index contributed by atoms with van der Waals surface area (Å²) in [4.78, 5) is 22.3. The maximum Gasteiger partial charge on any atom is 0.219 e. The van der Waals surface area contributed by atoms with Crippen LogP contribution in [0.5, 0.6) is 0 Å². The van der Waals surface area contributed by atoms with Crippen LogP contribution in [0.25, 0.3) is 0 Å². The van der Waals surface area contributed by atoms with Gasteiger partial charge in [0.1, 0.15) is 0 Å². The van der Waals surface area contributed by atoms with Crippen molar-refractivity contribution in [3.63, 3.8) is 0 Å². The molecular formula is C21H43N3O2. The summed E-state index contributed by atoms with van der Waals surface area (Å²) in [5, 5.41) is 6.22. The van der Waals surface area contributed by atoms with Gasteiger partial charge in [-0.15, -0.1) is 0 Å². The zero-order valence-electron chi connectivity index (χ0n) is 17.1. The van der Waals surface area contributed by atoms with Crippen molar-refractivity contribution in [3.8, 4) is 0 Å². The molecule has 0 atom stereocenters. The SMILES string of the molecule is CNCCCCCCCCCCNC(=O)CCCCCCCCC(N)=O. The molecule has 0 aliphatic rings. The topological polar surface area (TPSA) is 84.2 Å². The second-order valence-electron chi connectivity index (χ2n) is 7.37. The van der Waals surface area contributed by atoms with Crippen LogP contribution >= 0.6 is 0 Å². The number of carbonyl (C=O) groups is 2. The minimum atomic E-state index is -0.207. The van der Waals surface area contributed by atoms with Crippen LogP contribution in [-0.4, -0.2) is 32.0 Å². The Hall–Kier alpha value is -1.10. The van der Waals surface area contributed by atoms with Gasteiger partial charge >= 0.3 is 0 Å². The van der Waals surface area contributed by atoms with E-state index in [1.807, 2.05) is 7.05 Å². The molecule has 0 aromatic carbocycles. The van der Waals surface area contributed by atoms with Crippen molar-refractivity contribution in [3.05, 3.63) is 0 Å². The fourth-order valence-corrected chi connectivity index (χ4v) is 3.10. The maximum absolute atomic E-state index is 11.7. The summed E-state index contributed by atoms with van der Waals surface area (Å²) in [5.74, 6) is -0.00916. The van der Waals surface area contributed by atoms with Gasteiger partial charge in [0.25, 0.3) is 0 Å². The largest absolute Gasteiger partial charge is 0.370 e. The van der Waals surface area contributed by atoms with Gasteiger partial charge in [0.15, 0.2) is 0 Å². The van der Waals surface area contributed by atoms with Crippen LogP contribution in [0, 0.1) is 0 Å². The molecule has 0 saturated carbocycles. The van der Waals surface area contributed by atoms with E-state index in [1.54, 1.807) is 0 Å². The Kier molecular flexibility index (Phi) is 19.4. The van der Waals surface area contributed by atoms with E-state index in [4.69, 9.17) is 5.73 Å². The van der Waals surface area contributed by atoms with E-state index in [0.717, 1.165) is 58.0 Å². The van der Waals surface area contributed by atoms with Crippen molar-refractivity contribution in [1.29, 1.82) is 0 Å². The van der Waals surface area contributed by atoms with Crippen molar-refractivity contribution < 1.29 is 9.59 Å². The van der Waals surface area contributed by atoms with Crippen LogP contribution in [0.1, 0.15) is 103 Å². The fourth-order valence-electron chi connectivity index (χ4n) is 3.10. The van der Waals surface area contributed by atoms with Crippen LogP contribution in [-0.2, 0) is 9.59 Å². The van der Waals surface area contributed by atoms with E-state index in [2.05, 4.69) is 10.6 Å². The Labute approximate surface area is 161 Å². The van der Waals surface area contributed by atoms with Crippen molar-refractivity contribution in [2.24, 2.45) is 5.73 Å². The zero-order valence-corrected chi connectivity index (χ0v) is 17.1. The molecule has 0 saturated heterocycles. The smallest absolute Gasteiger partial charge is 0.219 e. The highest BCUT2D eigenvalue weighted by atomic mass is 16.1. The lowest BCUT2D eigenvalue weighted by atomic mass is 10.1. The van der Waals surface area contributed by atoms with Crippen molar-refractivity contribution in [2.75, 3.05) is 20.1 Å².